The van der Waals surface area contributed by atoms with E-state index in [0.717, 1.165) is 17.3 Å². The predicted molar refractivity (Wildman–Crippen MR) is 92.6 cm³/mol. The van der Waals surface area contributed by atoms with Crippen molar-refractivity contribution >= 4 is 63.5 Å². The topological polar surface area (TPSA) is 58.2 Å². The number of hydrogen-bond donors (Lipinski definition) is 2. The molecule has 2 N–H and O–H groups in total. The minimum Gasteiger partial charge on any atom is -0.313 e. The molecule has 1 aliphatic carbocycles. The molecule has 1 aromatic carbocycles. The van der Waals surface area contributed by atoms with E-state index in [0.29, 0.717) is 27.2 Å². The molecule has 1 aliphatic rings. The zero-order chi connectivity index (χ0) is 14.9. The monoisotopic (exact) mass is 488 g/mol. The van der Waals surface area contributed by atoms with E-state index in [9.17, 15) is 8.42 Å². The van der Waals surface area contributed by atoms with Crippen LogP contribution in [0.15, 0.2) is 25.6 Å². The van der Waals surface area contributed by atoms with Gasteiger partial charge in [0.25, 0.3) is 0 Å². The smallest absolute Gasteiger partial charge is 0.236 e. The van der Waals surface area contributed by atoms with Crippen molar-refractivity contribution in [1.29, 1.82) is 0 Å². The van der Waals surface area contributed by atoms with Crippen LogP contribution in [0.5, 0.6) is 0 Å². The molecule has 1 saturated carbocycles. The summed E-state index contributed by atoms with van der Waals surface area (Å²) in [5, 5.41) is 2.74. The van der Waals surface area contributed by atoms with Crippen LogP contribution in [-0.4, -0.2) is 26.3 Å². The lowest BCUT2D eigenvalue weighted by Crippen LogP contribution is -2.35. The standard InChI is InChI=1S/C12H15Br3N2O2S/c1-7(6-16-9-2-3-9)20(18,19)17-12-10(14)4-8(13)5-11(12)15/h4-5,7,9,16-17H,2-3,6H2,1H3. The highest BCUT2D eigenvalue weighted by molar-refractivity contribution is 9.11. The molecule has 1 fully saturated rings. The van der Waals surface area contributed by atoms with E-state index in [4.69, 9.17) is 0 Å². The zero-order valence-electron chi connectivity index (χ0n) is 10.8. The Hall–Kier alpha value is 0.370. The minimum atomic E-state index is -3.43. The molecule has 0 amide bonds. The van der Waals surface area contributed by atoms with Gasteiger partial charge in [-0.3, -0.25) is 4.72 Å². The molecule has 1 aromatic rings. The average molecular weight is 491 g/mol. The molecule has 20 heavy (non-hydrogen) atoms. The van der Waals surface area contributed by atoms with E-state index in [2.05, 4.69) is 57.8 Å². The molecule has 112 valence electrons. The molecule has 0 saturated heterocycles. The summed E-state index contributed by atoms with van der Waals surface area (Å²) in [5.74, 6) is 0. The van der Waals surface area contributed by atoms with E-state index < -0.39 is 15.3 Å². The summed E-state index contributed by atoms with van der Waals surface area (Å²) in [5.41, 5.74) is 0.520. The average Bonchev–Trinajstić information content (AvgIpc) is 3.14. The third-order valence-electron chi connectivity index (χ3n) is 3.05. The zero-order valence-corrected chi connectivity index (χ0v) is 16.4. The second-order valence-electron chi connectivity index (χ2n) is 4.88. The van der Waals surface area contributed by atoms with E-state index in [1.165, 1.54) is 0 Å². The maximum Gasteiger partial charge on any atom is 0.236 e. The fourth-order valence-corrected chi connectivity index (χ4v) is 5.35. The van der Waals surface area contributed by atoms with Gasteiger partial charge in [0.05, 0.1) is 10.9 Å². The van der Waals surface area contributed by atoms with Crippen LogP contribution in [0, 0.1) is 0 Å². The fraction of sp³-hybridized carbons (Fsp3) is 0.500. The van der Waals surface area contributed by atoms with Crippen molar-refractivity contribution in [2.75, 3.05) is 11.3 Å². The molecule has 8 heteroatoms. The number of benzene rings is 1. The Labute approximate surface area is 144 Å². The predicted octanol–water partition coefficient (Wildman–Crippen LogP) is 3.86. The molecular formula is C12H15Br3N2O2S. The van der Waals surface area contributed by atoms with Crippen LogP contribution < -0.4 is 10.0 Å². The van der Waals surface area contributed by atoms with E-state index >= 15 is 0 Å². The van der Waals surface area contributed by atoms with Gasteiger partial charge in [-0.15, -0.1) is 0 Å². The van der Waals surface area contributed by atoms with Crippen LogP contribution in [0.25, 0.3) is 0 Å². The normalized spacial score (nSPS) is 17.0. The first-order valence-corrected chi connectivity index (χ1v) is 10.1. The first-order valence-electron chi connectivity index (χ1n) is 6.19. The van der Waals surface area contributed by atoms with Crippen LogP contribution >= 0.6 is 47.8 Å². The van der Waals surface area contributed by atoms with E-state index in [1.54, 1.807) is 19.1 Å². The highest BCUT2D eigenvalue weighted by atomic mass is 79.9. The first kappa shape index (κ1) is 16.7. The van der Waals surface area contributed by atoms with Crippen molar-refractivity contribution in [3.63, 3.8) is 0 Å². The molecule has 0 aliphatic heterocycles. The highest BCUT2D eigenvalue weighted by Gasteiger charge is 2.26. The van der Waals surface area contributed by atoms with Crippen molar-refractivity contribution in [1.82, 2.24) is 5.32 Å². The van der Waals surface area contributed by atoms with Gasteiger partial charge < -0.3 is 5.32 Å². The lowest BCUT2D eigenvalue weighted by molar-refractivity contribution is 0.576. The SMILES string of the molecule is CC(CNC1CC1)S(=O)(=O)Nc1c(Br)cc(Br)cc1Br. The number of nitrogens with one attached hydrogen (secondary N) is 2. The van der Waals surface area contributed by atoms with Crippen molar-refractivity contribution < 1.29 is 8.42 Å². The lowest BCUT2D eigenvalue weighted by atomic mass is 10.3. The Balaban J connectivity index is 2.10. The van der Waals surface area contributed by atoms with Crippen molar-refractivity contribution in [3.05, 3.63) is 25.6 Å². The van der Waals surface area contributed by atoms with Gasteiger partial charge in [-0.05, 0) is 63.8 Å². The number of halogens is 3. The maximum atomic E-state index is 12.3. The lowest BCUT2D eigenvalue weighted by Gasteiger charge is -2.17. The molecule has 1 unspecified atom stereocenters. The van der Waals surface area contributed by atoms with E-state index in [-0.39, 0.29) is 0 Å². The first-order chi connectivity index (χ1) is 9.29. The maximum absolute atomic E-state index is 12.3. The number of rotatable bonds is 6. The van der Waals surface area contributed by atoms with Gasteiger partial charge in [-0.25, -0.2) is 8.42 Å². The van der Waals surface area contributed by atoms with Crippen LogP contribution in [0.3, 0.4) is 0 Å². The Kier molecular flexibility index (Phi) is 5.56. The van der Waals surface area contributed by atoms with Gasteiger partial charge >= 0.3 is 0 Å². The fourth-order valence-electron chi connectivity index (χ4n) is 1.61. The summed E-state index contributed by atoms with van der Waals surface area (Å²) in [6.45, 7) is 2.17. The molecule has 1 atom stereocenters. The van der Waals surface area contributed by atoms with Gasteiger partial charge in [0.1, 0.15) is 0 Å². The van der Waals surface area contributed by atoms with Gasteiger partial charge in [-0.1, -0.05) is 15.9 Å². The molecule has 4 nitrogen and oxygen atoms in total. The van der Waals surface area contributed by atoms with Crippen molar-refractivity contribution in [2.45, 2.75) is 31.1 Å². The van der Waals surface area contributed by atoms with E-state index in [1.807, 2.05) is 0 Å². The molecule has 0 radical (unpaired) electrons. The molecule has 2 rings (SSSR count). The third kappa shape index (κ3) is 4.43. The Morgan fingerprint density at radius 2 is 1.80 bits per heavy atom. The summed E-state index contributed by atoms with van der Waals surface area (Å²) < 4.78 is 29.5. The summed E-state index contributed by atoms with van der Waals surface area (Å²) >= 11 is 10.1. The van der Waals surface area contributed by atoms with Gasteiger partial charge in [-0.2, -0.15) is 0 Å². The summed E-state index contributed by atoms with van der Waals surface area (Å²) in [6.07, 6.45) is 2.29. The number of anilines is 1. The van der Waals surface area contributed by atoms with Crippen LogP contribution in [0.2, 0.25) is 0 Å². The molecule has 0 spiro atoms. The summed E-state index contributed by atoms with van der Waals surface area (Å²) in [6, 6.07) is 4.10. The Morgan fingerprint density at radius 1 is 1.25 bits per heavy atom. The summed E-state index contributed by atoms with van der Waals surface area (Å²) in [7, 11) is -3.43. The third-order valence-corrected chi connectivity index (χ3v) is 6.48. The van der Waals surface area contributed by atoms with Crippen LogP contribution in [0.1, 0.15) is 19.8 Å². The largest absolute Gasteiger partial charge is 0.313 e. The van der Waals surface area contributed by atoms with Gasteiger partial charge in [0.2, 0.25) is 10.0 Å². The van der Waals surface area contributed by atoms with Crippen molar-refractivity contribution in [2.24, 2.45) is 0 Å². The number of hydrogen-bond acceptors (Lipinski definition) is 3. The molecular weight excluding hydrogens is 476 g/mol. The quantitative estimate of drug-likeness (QED) is 0.636. The second-order valence-corrected chi connectivity index (χ2v) is 9.61. The van der Waals surface area contributed by atoms with Gasteiger partial charge in [0, 0.05) is 26.0 Å². The van der Waals surface area contributed by atoms with Crippen molar-refractivity contribution in [3.8, 4) is 0 Å². The Bertz CT molecular complexity index is 580. The molecule has 0 bridgehead atoms. The number of sulfonamides is 1. The second kappa shape index (κ2) is 6.64. The van der Waals surface area contributed by atoms with Crippen LogP contribution in [0.4, 0.5) is 5.69 Å². The Morgan fingerprint density at radius 3 is 2.30 bits per heavy atom. The molecule has 0 heterocycles. The highest BCUT2D eigenvalue weighted by Crippen LogP contribution is 2.35. The molecule has 0 aromatic heterocycles. The van der Waals surface area contributed by atoms with Gasteiger partial charge in [0.15, 0.2) is 0 Å². The minimum absolute atomic E-state index is 0.464. The summed E-state index contributed by atoms with van der Waals surface area (Å²) in [4.78, 5) is 0. The van der Waals surface area contributed by atoms with Crippen LogP contribution in [-0.2, 0) is 10.0 Å².